The Labute approximate surface area is 139 Å². The largest absolute Gasteiger partial charge is 0.444 e. The van der Waals surface area contributed by atoms with Gasteiger partial charge in [0, 0.05) is 12.6 Å². The van der Waals surface area contributed by atoms with Crippen molar-refractivity contribution in [3.05, 3.63) is 30.5 Å². The Morgan fingerprint density at radius 2 is 1.96 bits per heavy atom. The minimum absolute atomic E-state index is 0.172. The SMILES string of the molecule is OC1CC(CCP(O)O)OC(Oc2cnc3ccccc3n2)C1O. The molecule has 1 aromatic carbocycles. The molecule has 4 N–H and O–H groups in total. The smallest absolute Gasteiger partial charge is 0.235 e. The molecule has 0 bridgehead atoms. The lowest BCUT2D eigenvalue weighted by Gasteiger charge is -2.36. The summed E-state index contributed by atoms with van der Waals surface area (Å²) in [6.45, 7) is 0. The Morgan fingerprint density at radius 3 is 2.71 bits per heavy atom. The third-order valence-corrected chi connectivity index (χ3v) is 4.48. The Kier molecular flexibility index (Phi) is 5.55. The summed E-state index contributed by atoms with van der Waals surface area (Å²) in [4.78, 5) is 26.5. The predicted octanol–water partition coefficient (Wildman–Crippen LogP) is 0.532. The van der Waals surface area contributed by atoms with Crippen LogP contribution in [-0.4, -0.2) is 60.7 Å². The molecule has 4 unspecified atom stereocenters. The molecule has 3 rings (SSSR count). The van der Waals surface area contributed by atoms with Gasteiger partial charge in [0.05, 0.1) is 29.4 Å². The van der Waals surface area contributed by atoms with Gasteiger partial charge in [0.2, 0.25) is 12.2 Å². The van der Waals surface area contributed by atoms with Crippen molar-refractivity contribution in [2.24, 2.45) is 0 Å². The number of rotatable bonds is 5. The fourth-order valence-electron chi connectivity index (χ4n) is 2.57. The van der Waals surface area contributed by atoms with Gasteiger partial charge in [-0.15, -0.1) is 0 Å². The molecule has 2 heterocycles. The molecular formula is C15H19N2O6P. The van der Waals surface area contributed by atoms with Crippen LogP contribution in [0.15, 0.2) is 30.5 Å². The first-order valence-electron chi connectivity index (χ1n) is 7.58. The summed E-state index contributed by atoms with van der Waals surface area (Å²) in [5, 5.41) is 20.0. The number of nitrogens with zero attached hydrogens (tertiary/aromatic N) is 2. The van der Waals surface area contributed by atoms with Crippen LogP contribution in [0.2, 0.25) is 0 Å². The molecule has 1 fully saturated rings. The van der Waals surface area contributed by atoms with E-state index >= 15 is 0 Å². The van der Waals surface area contributed by atoms with Gasteiger partial charge >= 0.3 is 0 Å². The summed E-state index contributed by atoms with van der Waals surface area (Å²) >= 11 is 0. The van der Waals surface area contributed by atoms with Gasteiger partial charge in [-0.3, -0.25) is 0 Å². The van der Waals surface area contributed by atoms with Crippen LogP contribution in [0.3, 0.4) is 0 Å². The molecular weight excluding hydrogens is 335 g/mol. The lowest BCUT2D eigenvalue weighted by Crippen LogP contribution is -2.51. The second kappa shape index (κ2) is 7.65. The molecule has 1 aromatic heterocycles. The first kappa shape index (κ1) is 17.4. The number of fused-ring (bicyclic) bond motifs is 1. The van der Waals surface area contributed by atoms with Crippen molar-refractivity contribution in [3.63, 3.8) is 0 Å². The minimum atomic E-state index is -2.02. The van der Waals surface area contributed by atoms with Crippen LogP contribution in [0.5, 0.6) is 5.88 Å². The third kappa shape index (κ3) is 4.16. The number of benzene rings is 1. The predicted molar refractivity (Wildman–Crippen MR) is 86.3 cm³/mol. The molecule has 130 valence electrons. The van der Waals surface area contributed by atoms with Gasteiger partial charge in [-0.25, -0.2) is 9.97 Å². The van der Waals surface area contributed by atoms with Gasteiger partial charge in [0.25, 0.3) is 0 Å². The van der Waals surface area contributed by atoms with Gasteiger partial charge in [-0.05, 0) is 18.6 Å². The lowest BCUT2D eigenvalue weighted by molar-refractivity contribution is -0.236. The minimum Gasteiger partial charge on any atom is -0.444 e. The maximum Gasteiger partial charge on any atom is 0.235 e. The molecule has 24 heavy (non-hydrogen) atoms. The van der Waals surface area contributed by atoms with Crippen molar-refractivity contribution in [1.29, 1.82) is 0 Å². The first-order valence-corrected chi connectivity index (χ1v) is 9.01. The summed E-state index contributed by atoms with van der Waals surface area (Å²) in [6, 6.07) is 7.29. The summed E-state index contributed by atoms with van der Waals surface area (Å²) in [5.74, 6) is 0.178. The highest BCUT2D eigenvalue weighted by Crippen LogP contribution is 2.30. The van der Waals surface area contributed by atoms with Gasteiger partial charge in [-0.2, -0.15) is 0 Å². The zero-order chi connectivity index (χ0) is 17.1. The maximum absolute atomic E-state index is 10.1. The topological polar surface area (TPSA) is 125 Å². The van der Waals surface area contributed by atoms with E-state index in [0.717, 1.165) is 0 Å². The molecule has 1 aliphatic heterocycles. The molecule has 1 aliphatic rings. The summed E-state index contributed by atoms with van der Waals surface area (Å²) in [5.41, 5.74) is 1.36. The van der Waals surface area contributed by atoms with Crippen molar-refractivity contribution in [1.82, 2.24) is 9.97 Å². The van der Waals surface area contributed by atoms with Gasteiger partial charge in [0.1, 0.15) is 6.10 Å². The molecule has 2 aromatic rings. The van der Waals surface area contributed by atoms with E-state index in [4.69, 9.17) is 19.3 Å². The van der Waals surface area contributed by atoms with Crippen molar-refractivity contribution in [2.75, 3.05) is 6.16 Å². The molecule has 0 aliphatic carbocycles. The van der Waals surface area contributed by atoms with Crippen LogP contribution in [0.4, 0.5) is 0 Å². The van der Waals surface area contributed by atoms with E-state index in [-0.39, 0.29) is 18.5 Å². The number of aliphatic hydroxyl groups is 2. The Morgan fingerprint density at radius 1 is 1.21 bits per heavy atom. The van der Waals surface area contributed by atoms with Crippen LogP contribution >= 0.6 is 8.38 Å². The average Bonchev–Trinajstić information content (AvgIpc) is 2.57. The number of hydrogen-bond acceptors (Lipinski definition) is 8. The highest BCUT2D eigenvalue weighted by Gasteiger charge is 2.38. The van der Waals surface area contributed by atoms with E-state index in [1.54, 1.807) is 6.07 Å². The molecule has 0 amide bonds. The zero-order valence-corrected chi connectivity index (χ0v) is 13.7. The number of hydrogen-bond donors (Lipinski definition) is 4. The van der Waals surface area contributed by atoms with Crippen molar-refractivity contribution in [3.8, 4) is 5.88 Å². The van der Waals surface area contributed by atoms with Gasteiger partial charge in [0.15, 0.2) is 8.38 Å². The maximum atomic E-state index is 10.1. The Balaban J connectivity index is 1.70. The quantitative estimate of drug-likeness (QED) is 0.573. The van der Waals surface area contributed by atoms with E-state index in [1.165, 1.54) is 6.20 Å². The zero-order valence-electron chi connectivity index (χ0n) is 12.8. The molecule has 1 saturated heterocycles. The monoisotopic (exact) mass is 354 g/mol. The van der Waals surface area contributed by atoms with E-state index in [2.05, 4.69) is 9.97 Å². The Bertz CT molecular complexity index is 688. The highest BCUT2D eigenvalue weighted by molar-refractivity contribution is 7.45. The van der Waals surface area contributed by atoms with Crippen LogP contribution < -0.4 is 4.74 Å². The molecule has 8 nitrogen and oxygen atoms in total. The van der Waals surface area contributed by atoms with E-state index in [9.17, 15) is 10.2 Å². The third-order valence-electron chi connectivity index (χ3n) is 3.82. The standard InChI is InChI=1S/C15H19N2O6P/c18-12-7-9(5-6-24(20)21)22-15(14(12)19)23-13-8-16-10-3-1-2-4-11(10)17-13/h1-4,8-9,12,14-15,18-21H,5-7H2. The second-order valence-electron chi connectivity index (χ2n) is 5.62. The van der Waals surface area contributed by atoms with Crippen LogP contribution in [0.25, 0.3) is 11.0 Å². The van der Waals surface area contributed by atoms with Crippen LogP contribution in [0.1, 0.15) is 12.8 Å². The highest BCUT2D eigenvalue weighted by atomic mass is 31.2. The molecule has 4 atom stereocenters. The van der Waals surface area contributed by atoms with Gasteiger partial charge in [-0.1, -0.05) is 12.1 Å². The number of aliphatic hydroxyl groups excluding tert-OH is 2. The number of aromatic nitrogens is 2. The summed E-state index contributed by atoms with van der Waals surface area (Å²) in [6.07, 6.45) is -1.63. The lowest BCUT2D eigenvalue weighted by atomic mass is 10.0. The van der Waals surface area contributed by atoms with Crippen molar-refractivity contribution in [2.45, 2.75) is 37.4 Å². The average molecular weight is 354 g/mol. The van der Waals surface area contributed by atoms with E-state index in [0.29, 0.717) is 17.5 Å². The molecule has 0 saturated carbocycles. The van der Waals surface area contributed by atoms with E-state index < -0.39 is 33.0 Å². The molecule has 0 spiro atoms. The summed E-state index contributed by atoms with van der Waals surface area (Å²) < 4.78 is 11.2. The van der Waals surface area contributed by atoms with Crippen LogP contribution in [0, 0.1) is 0 Å². The number of ether oxygens (including phenoxy) is 2. The van der Waals surface area contributed by atoms with Crippen molar-refractivity contribution >= 4 is 19.4 Å². The first-order chi connectivity index (χ1) is 11.5. The Hall–Kier alpha value is -1.41. The fourth-order valence-corrected chi connectivity index (χ4v) is 3.09. The second-order valence-corrected chi connectivity index (χ2v) is 6.81. The fraction of sp³-hybridized carbons (Fsp3) is 0.467. The molecule has 0 radical (unpaired) electrons. The normalized spacial score (nSPS) is 27.5. The van der Waals surface area contributed by atoms with Gasteiger partial charge < -0.3 is 29.5 Å². The van der Waals surface area contributed by atoms with Crippen LogP contribution in [-0.2, 0) is 4.74 Å². The van der Waals surface area contributed by atoms with E-state index in [1.807, 2.05) is 18.2 Å². The number of para-hydroxylation sites is 2. The molecule has 9 heteroatoms. The van der Waals surface area contributed by atoms with Crippen molar-refractivity contribution < 1.29 is 29.5 Å². The summed E-state index contributed by atoms with van der Waals surface area (Å²) in [7, 11) is -2.02.